The molecule has 0 aromatic heterocycles. The lowest BCUT2D eigenvalue weighted by Crippen LogP contribution is -2.45. The molecule has 0 aliphatic carbocycles. The van der Waals surface area contributed by atoms with Gasteiger partial charge in [0.2, 0.25) is 0 Å². The Morgan fingerprint density at radius 2 is 1.63 bits per heavy atom. The Bertz CT molecular complexity index is 616. The maximum Gasteiger partial charge on any atom is 0.408 e. The topological polar surface area (TPSA) is 90.6 Å². The summed E-state index contributed by atoms with van der Waals surface area (Å²) in [6, 6.07) is 7.03. The molecule has 6 nitrogen and oxygen atoms in total. The maximum absolute atomic E-state index is 12.3. The normalized spacial score (nSPS) is 13.0. The molecule has 152 valence electrons. The van der Waals surface area contributed by atoms with E-state index in [0.717, 1.165) is 24.0 Å². The summed E-state index contributed by atoms with van der Waals surface area (Å²) in [6.45, 7) is 11.4. The van der Waals surface area contributed by atoms with Crippen LogP contribution in [0.5, 0.6) is 0 Å². The van der Waals surface area contributed by atoms with E-state index in [4.69, 9.17) is 15.2 Å². The van der Waals surface area contributed by atoms with Crippen molar-refractivity contribution in [3.63, 3.8) is 0 Å². The van der Waals surface area contributed by atoms with Crippen LogP contribution in [0.25, 0.3) is 0 Å². The lowest BCUT2D eigenvalue weighted by molar-refractivity contribution is -0.145. The number of carbonyl (C=O) groups is 2. The Morgan fingerprint density at radius 3 is 2.07 bits per heavy atom. The van der Waals surface area contributed by atoms with Crippen molar-refractivity contribution in [2.45, 2.75) is 78.0 Å². The Morgan fingerprint density at radius 1 is 1.07 bits per heavy atom. The first-order valence-corrected chi connectivity index (χ1v) is 9.59. The van der Waals surface area contributed by atoms with Crippen molar-refractivity contribution < 1.29 is 19.1 Å². The number of hydrogen-bond donors (Lipinski definition) is 2. The lowest BCUT2D eigenvalue weighted by atomic mass is 9.85. The van der Waals surface area contributed by atoms with Crippen LogP contribution in [0, 0.1) is 0 Å². The highest BCUT2D eigenvalue weighted by Gasteiger charge is 2.26. The van der Waals surface area contributed by atoms with E-state index in [0.29, 0.717) is 6.42 Å². The number of amides is 1. The minimum absolute atomic E-state index is 0.243. The van der Waals surface area contributed by atoms with Gasteiger partial charge in [0.05, 0.1) is 6.61 Å². The van der Waals surface area contributed by atoms with Gasteiger partial charge in [-0.05, 0) is 51.7 Å². The van der Waals surface area contributed by atoms with E-state index in [1.54, 1.807) is 27.7 Å². The summed E-state index contributed by atoms with van der Waals surface area (Å²) in [5.41, 5.74) is 7.40. The summed E-state index contributed by atoms with van der Waals surface area (Å²) in [5.74, 6) is -0.484. The third-order valence-electron chi connectivity index (χ3n) is 4.49. The quantitative estimate of drug-likeness (QED) is 0.674. The van der Waals surface area contributed by atoms with Crippen LogP contribution in [0.2, 0.25) is 0 Å². The molecule has 0 saturated heterocycles. The molecule has 1 aromatic rings. The Balaban J connectivity index is 2.92. The third-order valence-corrected chi connectivity index (χ3v) is 4.49. The van der Waals surface area contributed by atoms with Gasteiger partial charge < -0.3 is 20.5 Å². The number of benzene rings is 1. The van der Waals surface area contributed by atoms with Crippen molar-refractivity contribution in [3.8, 4) is 0 Å². The summed E-state index contributed by atoms with van der Waals surface area (Å²) in [5, 5.41) is 2.61. The molecule has 1 aromatic carbocycles. The standard InChI is InChI=1S/C21H34N2O4/c1-7-21(22,8-2)16-12-10-15(11-13-16)14-17(18(24)26-9-3)23-19(25)27-20(4,5)6/h10-13,17H,7-9,14,22H2,1-6H3,(H,23,25). The van der Waals surface area contributed by atoms with Crippen molar-refractivity contribution >= 4 is 12.1 Å². The minimum Gasteiger partial charge on any atom is -0.464 e. The second-order valence-electron chi connectivity index (χ2n) is 7.72. The van der Waals surface area contributed by atoms with Crippen LogP contribution in [0.3, 0.4) is 0 Å². The molecule has 0 spiro atoms. The molecule has 1 atom stereocenters. The highest BCUT2D eigenvalue weighted by atomic mass is 16.6. The number of esters is 1. The average molecular weight is 379 g/mol. The fraction of sp³-hybridized carbons (Fsp3) is 0.619. The number of alkyl carbamates (subject to hydrolysis) is 1. The van der Waals surface area contributed by atoms with Crippen LogP contribution in [-0.2, 0) is 26.2 Å². The second-order valence-corrected chi connectivity index (χ2v) is 7.72. The molecule has 0 bridgehead atoms. The largest absolute Gasteiger partial charge is 0.464 e. The van der Waals surface area contributed by atoms with E-state index < -0.39 is 23.7 Å². The first-order chi connectivity index (χ1) is 12.5. The first kappa shape index (κ1) is 23.0. The predicted molar refractivity (Wildman–Crippen MR) is 106 cm³/mol. The molecule has 0 radical (unpaired) electrons. The highest BCUT2D eigenvalue weighted by molar-refractivity contribution is 5.81. The Kier molecular flexibility index (Phi) is 8.28. The van der Waals surface area contributed by atoms with Gasteiger partial charge in [-0.3, -0.25) is 0 Å². The van der Waals surface area contributed by atoms with E-state index in [2.05, 4.69) is 19.2 Å². The van der Waals surface area contributed by atoms with E-state index >= 15 is 0 Å². The van der Waals surface area contributed by atoms with Gasteiger partial charge in [0.25, 0.3) is 0 Å². The van der Waals surface area contributed by atoms with Gasteiger partial charge in [-0.1, -0.05) is 38.1 Å². The Labute approximate surface area is 162 Å². The third kappa shape index (κ3) is 7.21. The zero-order valence-corrected chi connectivity index (χ0v) is 17.4. The molecule has 0 aliphatic rings. The molecule has 1 unspecified atom stereocenters. The fourth-order valence-corrected chi connectivity index (χ4v) is 2.75. The van der Waals surface area contributed by atoms with Crippen molar-refractivity contribution in [1.29, 1.82) is 0 Å². The molecular weight excluding hydrogens is 344 g/mol. The Hall–Kier alpha value is -2.08. The van der Waals surface area contributed by atoms with Crippen LogP contribution in [0.4, 0.5) is 4.79 Å². The van der Waals surface area contributed by atoms with Crippen LogP contribution in [-0.4, -0.2) is 30.3 Å². The number of hydrogen-bond acceptors (Lipinski definition) is 5. The number of ether oxygens (including phenoxy) is 2. The van der Waals surface area contributed by atoms with Crippen molar-refractivity contribution in [2.75, 3.05) is 6.61 Å². The highest BCUT2D eigenvalue weighted by Crippen LogP contribution is 2.26. The zero-order valence-electron chi connectivity index (χ0n) is 17.4. The van der Waals surface area contributed by atoms with Gasteiger partial charge in [0, 0.05) is 12.0 Å². The van der Waals surface area contributed by atoms with Gasteiger partial charge >= 0.3 is 12.1 Å². The minimum atomic E-state index is -0.814. The van der Waals surface area contributed by atoms with Crippen LogP contribution < -0.4 is 11.1 Å². The van der Waals surface area contributed by atoms with E-state index in [-0.39, 0.29) is 12.1 Å². The van der Waals surface area contributed by atoms with E-state index in [1.807, 2.05) is 24.3 Å². The number of nitrogens with one attached hydrogen (secondary N) is 1. The second kappa shape index (κ2) is 9.74. The van der Waals surface area contributed by atoms with E-state index in [1.165, 1.54) is 0 Å². The van der Waals surface area contributed by atoms with Gasteiger partial charge in [-0.15, -0.1) is 0 Å². The summed E-state index contributed by atoms with van der Waals surface area (Å²) in [6.07, 6.45) is 1.35. The number of nitrogens with two attached hydrogens (primary N) is 1. The molecule has 0 heterocycles. The molecule has 0 fully saturated rings. The van der Waals surface area contributed by atoms with Crippen molar-refractivity contribution in [3.05, 3.63) is 35.4 Å². The summed E-state index contributed by atoms with van der Waals surface area (Å²) >= 11 is 0. The first-order valence-electron chi connectivity index (χ1n) is 9.59. The number of carbonyl (C=O) groups excluding carboxylic acids is 2. The van der Waals surface area contributed by atoms with Crippen LogP contribution in [0.1, 0.15) is 65.5 Å². The molecule has 1 rings (SSSR count). The monoisotopic (exact) mass is 378 g/mol. The van der Waals surface area contributed by atoms with Crippen molar-refractivity contribution in [1.82, 2.24) is 5.32 Å². The van der Waals surface area contributed by atoms with Gasteiger partial charge in [0.15, 0.2) is 0 Å². The molecule has 3 N–H and O–H groups in total. The SMILES string of the molecule is CCOC(=O)C(Cc1ccc(C(N)(CC)CC)cc1)NC(=O)OC(C)(C)C. The molecule has 0 aliphatic heterocycles. The maximum atomic E-state index is 12.3. The smallest absolute Gasteiger partial charge is 0.408 e. The molecule has 1 amide bonds. The van der Waals surface area contributed by atoms with E-state index in [9.17, 15) is 9.59 Å². The van der Waals surface area contributed by atoms with Gasteiger partial charge in [-0.25, -0.2) is 9.59 Å². The average Bonchev–Trinajstić information content (AvgIpc) is 2.59. The molecule has 0 saturated carbocycles. The van der Waals surface area contributed by atoms with Crippen LogP contribution in [0.15, 0.2) is 24.3 Å². The zero-order chi connectivity index (χ0) is 20.7. The molecule has 6 heteroatoms. The van der Waals surface area contributed by atoms with Crippen LogP contribution >= 0.6 is 0 Å². The van der Waals surface area contributed by atoms with Gasteiger partial charge in [0.1, 0.15) is 11.6 Å². The summed E-state index contributed by atoms with van der Waals surface area (Å²) in [7, 11) is 0. The molecular formula is C21H34N2O4. The fourth-order valence-electron chi connectivity index (χ4n) is 2.75. The predicted octanol–water partition coefficient (Wildman–Crippen LogP) is 3.66. The summed E-state index contributed by atoms with van der Waals surface area (Å²) in [4.78, 5) is 24.3. The number of rotatable bonds is 8. The van der Waals surface area contributed by atoms with Gasteiger partial charge in [-0.2, -0.15) is 0 Å². The van der Waals surface area contributed by atoms with Crippen molar-refractivity contribution in [2.24, 2.45) is 5.73 Å². The lowest BCUT2D eigenvalue weighted by Gasteiger charge is -2.27. The summed E-state index contributed by atoms with van der Waals surface area (Å²) < 4.78 is 10.3. The molecule has 27 heavy (non-hydrogen) atoms.